The van der Waals surface area contributed by atoms with Gasteiger partial charge in [0.25, 0.3) is 0 Å². The minimum atomic E-state index is -1.37. The molecule has 2 rings (SSSR count). The molecule has 376 valence electrons. The SMILES string of the molecule is CCCCCCCCC/C=C/CCOC(=O)c1ccccc1C(=O)[O-].CCCCCCCCC/C=C/CCOC(=O)c1ccccc1C(=O)[O-].[CH2]CCCCCCC.[CH2]CCCCCCC.[Sn+2]. The summed E-state index contributed by atoms with van der Waals surface area (Å²) in [5.41, 5.74) is -0.201. The van der Waals surface area contributed by atoms with Crippen molar-refractivity contribution in [2.24, 2.45) is 0 Å². The second-order valence-electron chi connectivity index (χ2n) is 16.8. The number of esters is 2. The van der Waals surface area contributed by atoms with Crippen LogP contribution in [0.15, 0.2) is 72.8 Å². The predicted molar refractivity (Wildman–Crippen MR) is 278 cm³/mol. The van der Waals surface area contributed by atoms with Gasteiger partial charge in [-0.15, -0.1) is 0 Å². The third kappa shape index (κ3) is 43.6. The van der Waals surface area contributed by atoms with Crippen molar-refractivity contribution < 1.29 is 38.9 Å². The first-order valence-electron chi connectivity index (χ1n) is 26.0. The zero-order valence-electron chi connectivity index (χ0n) is 42.7. The van der Waals surface area contributed by atoms with E-state index in [0.29, 0.717) is 12.8 Å². The van der Waals surface area contributed by atoms with Gasteiger partial charge in [0.2, 0.25) is 0 Å². The molecule has 8 nitrogen and oxygen atoms in total. The van der Waals surface area contributed by atoms with E-state index in [1.807, 2.05) is 12.2 Å². The van der Waals surface area contributed by atoms with Crippen molar-refractivity contribution in [3.05, 3.63) is 109 Å². The molecule has 2 aromatic rings. The largest absolute Gasteiger partial charge is 2.00 e. The first-order chi connectivity index (χ1) is 32.2. The first-order valence-corrected chi connectivity index (χ1v) is 26.0. The second-order valence-corrected chi connectivity index (χ2v) is 16.8. The number of carbonyl (C=O) groups is 4. The summed E-state index contributed by atoms with van der Waals surface area (Å²) in [6.45, 7) is 17.0. The molecule has 0 fully saturated rings. The Kier molecular flexibility index (Phi) is 54.2. The summed E-state index contributed by atoms with van der Waals surface area (Å²) in [4.78, 5) is 45.8. The Labute approximate surface area is 426 Å². The summed E-state index contributed by atoms with van der Waals surface area (Å²) in [5.74, 6) is -4.00. The fourth-order valence-corrected chi connectivity index (χ4v) is 6.74. The van der Waals surface area contributed by atoms with Gasteiger partial charge in [0.05, 0.1) is 36.3 Å². The topological polar surface area (TPSA) is 133 Å². The van der Waals surface area contributed by atoms with E-state index in [1.165, 1.54) is 178 Å². The molecule has 0 spiro atoms. The van der Waals surface area contributed by atoms with Gasteiger partial charge in [-0.1, -0.05) is 256 Å². The predicted octanol–water partition coefficient (Wildman–Crippen LogP) is 14.6. The Hall–Kier alpha value is -3.40. The fraction of sp³-hybridized carbons (Fsp3) is 0.621. The van der Waals surface area contributed by atoms with Crippen molar-refractivity contribution in [1.82, 2.24) is 0 Å². The van der Waals surface area contributed by atoms with Crippen LogP contribution < -0.4 is 10.2 Å². The maximum Gasteiger partial charge on any atom is 2.00 e. The molecule has 0 atom stereocenters. The van der Waals surface area contributed by atoms with Crippen LogP contribution >= 0.6 is 0 Å². The average Bonchev–Trinajstić information content (AvgIpc) is 3.33. The van der Waals surface area contributed by atoms with Gasteiger partial charge in [0.1, 0.15) is 0 Å². The Morgan fingerprint density at radius 3 is 0.940 bits per heavy atom. The molecule has 67 heavy (non-hydrogen) atoms. The Bertz CT molecular complexity index is 1380. The molecule has 0 heterocycles. The van der Waals surface area contributed by atoms with Gasteiger partial charge in [-0.2, -0.15) is 0 Å². The molecule has 0 N–H and O–H groups in total. The zero-order valence-corrected chi connectivity index (χ0v) is 45.6. The fourth-order valence-electron chi connectivity index (χ4n) is 6.74. The van der Waals surface area contributed by atoms with E-state index >= 15 is 0 Å². The average molecular weight is 1040 g/mol. The van der Waals surface area contributed by atoms with Crippen LogP contribution in [0.25, 0.3) is 0 Å². The molecule has 0 aliphatic rings. The molecule has 0 saturated carbocycles. The summed E-state index contributed by atoms with van der Waals surface area (Å²) < 4.78 is 10.2. The minimum absolute atomic E-state index is 0. The van der Waals surface area contributed by atoms with Crippen LogP contribution in [-0.2, 0) is 9.47 Å². The van der Waals surface area contributed by atoms with Crippen LogP contribution in [0.1, 0.15) is 262 Å². The first kappa shape index (κ1) is 67.9. The Balaban J connectivity index is -0.000000914. The van der Waals surface area contributed by atoms with Crippen LogP contribution in [-0.4, -0.2) is 61.0 Å². The number of ether oxygens (including phenoxy) is 2. The quantitative estimate of drug-likeness (QED) is 0.0285. The molecule has 0 bridgehead atoms. The van der Waals surface area contributed by atoms with Crippen LogP contribution in [0, 0.1) is 13.8 Å². The number of rotatable bonds is 36. The van der Waals surface area contributed by atoms with E-state index in [4.69, 9.17) is 9.47 Å². The van der Waals surface area contributed by atoms with E-state index < -0.39 is 23.9 Å². The van der Waals surface area contributed by atoms with Gasteiger partial charge in [-0.25, -0.2) is 9.59 Å². The number of allylic oxidation sites excluding steroid dienone is 2. The molecule has 0 saturated heterocycles. The third-order valence-electron chi connectivity index (χ3n) is 10.8. The number of carboxylic acid groups (broad SMARTS) is 2. The second kappa shape index (κ2) is 53.6. The monoisotopic (exact) mass is 1040 g/mol. The van der Waals surface area contributed by atoms with Crippen molar-refractivity contribution >= 4 is 47.8 Å². The van der Waals surface area contributed by atoms with Gasteiger partial charge < -0.3 is 29.3 Å². The van der Waals surface area contributed by atoms with Crippen molar-refractivity contribution in [2.75, 3.05) is 13.2 Å². The molecular weight excluding hydrogens is 943 g/mol. The normalized spacial score (nSPS) is 10.5. The summed E-state index contributed by atoms with van der Waals surface area (Å²) >= 11 is 0. The number of carbonyl (C=O) groups excluding carboxylic acids is 4. The molecule has 2 aromatic carbocycles. The van der Waals surface area contributed by atoms with Crippen molar-refractivity contribution in [1.29, 1.82) is 0 Å². The minimum Gasteiger partial charge on any atom is -0.545 e. The standard InChI is InChI=1S/2C21H30O4.2C8H17.Sn/c2*1-2-3-4-5-6-7-8-9-10-11-14-17-25-21(24)19-16-13-12-15-18(19)20(22)23;2*1-3-5-7-8-6-4-2;/h2*10-13,15-16H,2-9,14,17H2,1H3,(H,22,23);2*1,3-8H2,2H3;/q;;;;+2/p-2/b2*11-10+;;;. The van der Waals surface area contributed by atoms with Gasteiger partial charge in [0.15, 0.2) is 0 Å². The van der Waals surface area contributed by atoms with Crippen LogP contribution in [0.4, 0.5) is 0 Å². The molecule has 0 aromatic heterocycles. The number of hydrogen-bond acceptors (Lipinski definition) is 8. The number of aromatic carboxylic acids is 2. The molecule has 0 aliphatic heterocycles. The number of carboxylic acids is 2. The van der Waals surface area contributed by atoms with Crippen LogP contribution in [0.5, 0.6) is 0 Å². The van der Waals surface area contributed by atoms with Gasteiger partial charge in [-0.05, 0) is 50.7 Å². The van der Waals surface area contributed by atoms with Gasteiger partial charge in [0, 0.05) is 11.1 Å². The molecule has 0 aliphatic carbocycles. The molecule has 4 radical (unpaired) electrons. The Morgan fingerprint density at radius 1 is 0.403 bits per heavy atom. The smallest absolute Gasteiger partial charge is 0.545 e. The number of benzene rings is 2. The van der Waals surface area contributed by atoms with Crippen molar-refractivity contribution in [3.8, 4) is 0 Å². The maximum atomic E-state index is 11.9. The van der Waals surface area contributed by atoms with Gasteiger partial charge >= 0.3 is 35.8 Å². The summed E-state index contributed by atoms with van der Waals surface area (Å²) in [5, 5.41) is 21.9. The van der Waals surface area contributed by atoms with Gasteiger partial charge in [-0.3, -0.25) is 0 Å². The van der Waals surface area contributed by atoms with Crippen molar-refractivity contribution in [3.63, 3.8) is 0 Å². The number of hydrogen-bond donors (Lipinski definition) is 0. The van der Waals surface area contributed by atoms with E-state index in [0.717, 1.165) is 25.7 Å². The van der Waals surface area contributed by atoms with E-state index in [1.54, 1.807) is 24.3 Å². The van der Waals surface area contributed by atoms with Crippen molar-refractivity contribution in [2.45, 2.75) is 220 Å². The van der Waals surface area contributed by atoms with Crippen LogP contribution in [0.3, 0.4) is 0 Å². The summed E-state index contributed by atoms with van der Waals surface area (Å²) in [6, 6.07) is 11.9. The molecule has 0 amide bonds. The van der Waals surface area contributed by atoms with Crippen LogP contribution in [0.2, 0.25) is 0 Å². The van der Waals surface area contributed by atoms with E-state index in [2.05, 4.69) is 53.7 Å². The Morgan fingerprint density at radius 2 is 0.657 bits per heavy atom. The number of unbranched alkanes of at least 4 members (excludes halogenated alkanes) is 24. The summed E-state index contributed by atoms with van der Waals surface area (Å²) in [6.07, 6.45) is 45.7. The van der Waals surface area contributed by atoms with E-state index in [-0.39, 0.29) is 59.4 Å². The molecule has 9 heteroatoms. The zero-order chi connectivity index (χ0) is 49.1. The van der Waals surface area contributed by atoms with E-state index in [9.17, 15) is 29.4 Å². The molecular formula is C58H92O8Sn. The summed E-state index contributed by atoms with van der Waals surface area (Å²) in [7, 11) is 0. The molecule has 0 unspecified atom stereocenters. The maximum absolute atomic E-state index is 11.9. The third-order valence-corrected chi connectivity index (χ3v) is 10.8.